The highest BCUT2D eigenvalue weighted by Gasteiger charge is 2.16. The number of benzene rings is 1. The molecule has 3 rings (SSSR count). The van der Waals surface area contributed by atoms with Crippen LogP contribution in [0.3, 0.4) is 0 Å². The van der Waals surface area contributed by atoms with Gasteiger partial charge in [-0.1, -0.05) is 12.1 Å². The Labute approximate surface area is 117 Å². The molecule has 0 unspecified atom stereocenters. The van der Waals surface area contributed by atoms with Crippen molar-refractivity contribution in [3.8, 4) is 11.1 Å². The maximum Gasteiger partial charge on any atom is 0.129 e. The number of rotatable bonds is 4. The Hall–Kier alpha value is -1.72. The van der Waals surface area contributed by atoms with Crippen LogP contribution in [0.5, 0.6) is 0 Å². The minimum absolute atomic E-state index is 0.223. The third-order valence-electron chi connectivity index (χ3n) is 3.57. The van der Waals surface area contributed by atoms with Crippen molar-refractivity contribution in [2.75, 3.05) is 13.2 Å². The van der Waals surface area contributed by atoms with Crippen LogP contribution in [-0.4, -0.2) is 22.9 Å². The van der Waals surface area contributed by atoms with Crippen LogP contribution in [0.2, 0.25) is 0 Å². The minimum Gasteiger partial charge on any atom is -0.377 e. The molecule has 106 valence electrons. The van der Waals surface area contributed by atoms with Gasteiger partial charge in [0, 0.05) is 30.8 Å². The molecule has 5 heteroatoms. The monoisotopic (exact) mass is 275 g/mol. The van der Waals surface area contributed by atoms with Crippen LogP contribution >= 0.6 is 0 Å². The second kappa shape index (κ2) is 5.73. The molecule has 0 fully saturated rings. The lowest BCUT2D eigenvalue weighted by Crippen LogP contribution is -2.28. The van der Waals surface area contributed by atoms with E-state index in [1.165, 1.54) is 0 Å². The summed E-state index contributed by atoms with van der Waals surface area (Å²) in [6.45, 7) is 5.37. The molecule has 1 aromatic carbocycles. The average Bonchev–Trinajstić information content (AvgIpc) is 2.90. The van der Waals surface area contributed by atoms with Gasteiger partial charge in [-0.25, -0.2) is 4.39 Å². The van der Waals surface area contributed by atoms with Crippen LogP contribution in [0.25, 0.3) is 11.1 Å². The van der Waals surface area contributed by atoms with Crippen LogP contribution in [0.15, 0.2) is 24.4 Å². The maximum atomic E-state index is 14.1. The van der Waals surface area contributed by atoms with E-state index in [0.717, 1.165) is 36.5 Å². The molecule has 0 saturated carbocycles. The molecule has 0 amide bonds. The molecule has 0 atom stereocenters. The van der Waals surface area contributed by atoms with E-state index in [1.54, 1.807) is 12.1 Å². The molecule has 1 aliphatic heterocycles. The standard InChI is InChI=1S/C15H18FN3O/c1-2-20-10-12-4-3-11(7-14(12)16)13-8-18-19-6-5-17-9-15(13)19/h3-4,7-8,17H,2,5-6,9-10H2,1H3. The van der Waals surface area contributed by atoms with E-state index < -0.39 is 0 Å². The Bertz CT molecular complexity index is 609. The summed E-state index contributed by atoms with van der Waals surface area (Å²) in [5, 5.41) is 7.68. The fraction of sp³-hybridized carbons (Fsp3) is 0.400. The van der Waals surface area contributed by atoms with Crippen molar-refractivity contribution in [2.45, 2.75) is 26.6 Å². The third kappa shape index (κ3) is 2.46. The van der Waals surface area contributed by atoms with Gasteiger partial charge in [-0.2, -0.15) is 5.10 Å². The summed E-state index contributed by atoms with van der Waals surface area (Å²) in [5.74, 6) is -0.223. The molecule has 1 N–H and O–H groups in total. The summed E-state index contributed by atoms with van der Waals surface area (Å²) in [7, 11) is 0. The lowest BCUT2D eigenvalue weighted by molar-refractivity contribution is 0.131. The van der Waals surface area contributed by atoms with Crippen molar-refractivity contribution >= 4 is 0 Å². The molecule has 4 nitrogen and oxygen atoms in total. The highest BCUT2D eigenvalue weighted by Crippen LogP contribution is 2.26. The van der Waals surface area contributed by atoms with Gasteiger partial charge in [0.05, 0.1) is 25.0 Å². The molecule has 1 aromatic heterocycles. The second-order valence-corrected chi connectivity index (χ2v) is 4.85. The Kier molecular flexibility index (Phi) is 3.80. The summed E-state index contributed by atoms with van der Waals surface area (Å²) in [6.07, 6.45) is 1.82. The number of hydrogen-bond donors (Lipinski definition) is 1. The summed E-state index contributed by atoms with van der Waals surface area (Å²) >= 11 is 0. The van der Waals surface area contributed by atoms with Gasteiger partial charge in [0.25, 0.3) is 0 Å². The van der Waals surface area contributed by atoms with Gasteiger partial charge in [0.1, 0.15) is 5.82 Å². The Morgan fingerprint density at radius 2 is 2.35 bits per heavy atom. The average molecular weight is 275 g/mol. The van der Waals surface area contributed by atoms with Crippen molar-refractivity contribution in [1.82, 2.24) is 15.1 Å². The molecule has 2 aromatic rings. The highest BCUT2D eigenvalue weighted by atomic mass is 19.1. The smallest absolute Gasteiger partial charge is 0.129 e. The van der Waals surface area contributed by atoms with Gasteiger partial charge in [0.2, 0.25) is 0 Å². The van der Waals surface area contributed by atoms with Crippen LogP contribution in [0.4, 0.5) is 4.39 Å². The maximum absolute atomic E-state index is 14.1. The van der Waals surface area contributed by atoms with E-state index in [2.05, 4.69) is 10.4 Å². The number of ether oxygens (including phenoxy) is 1. The Morgan fingerprint density at radius 3 is 3.15 bits per heavy atom. The van der Waals surface area contributed by atoms with E-state index in [-0.39, 0.29) is 5.82 Å². The van der Waals surface area contributed by atoms with Crippen LogP contribution in [0.1, 0.15) is 18.2 Å². The largest absolute Gasteiger partial charge is 0.377 e. The molecule has 2 heterocycles. The molecular formula is C15H18FN3O. The Balaban J connectivity index is 1.91. The van der Waals surface area contributed by atoms with Crippen molar-refractivity contribution in [1.29, 1.82) is 0 Å². The van der Waals surface area contributed by atoms with Gasteiger partial charge in [-0.15, -0.1) is 0 Å². The van der Waals surface area contributed by atoms with Gasteiger partial charge >= 0.3 is 0 Å². The minimum atomic E-state index is -0.223. The third-order valence-corrected chi connectivity index (χ3v) is 3.57. The van der Waals surface area contributed by atoms with Crippen molar-refractivity contribution < 1.29 is 9.13 Å². The van der Waals surface area contributed by atoms with Gasteiger partial charge in [-0.05, 0) is 18.6 Å². The van der Waals surface area contributed by atoms with Crippen LogP contribution in [0, 0.1) is 5.82 Å². The first-order valence-corrected chi connectivity index (χ1v) is 6.91. The van der Waals surface area contributed by atoms with E-state index in [0.29, 0.717) is 18.8 Å². The van der Waals surface area contributed by atoms with E-state index >= 15 is 0 Å². The predicted molar refractivity (Wildman–Crippen MR) is 74.7 cm³/mol. The van der Waals surface area contributed by atoms with Crippen LogP contribution in [-0.2, 0) is 24.4 Å². The highest BCUT2D eigenvalue weighted by molar-refractivity contribution is 5.66. The fourth-order valence-electron chi connectivity index (χ4n) is 2.47. The van der Waals surface area contributed by atoms with Crippen LogP contribution < -0.4 is 5.32 Å². The molecule has 0 saturated heterocycles. The zero-order valence-electron chi connectivity index (χ0n) is 11.5. The topological polar surface area (TPSA) is 39.1 Å². The molecule has 1 aliphatic rings. The zero-order valence-corrected chi connectivity index (χ0v) is 11.5. The van der Waals surface area contributed by atoms with Gasteiger partial charge in [-0.3, -0.25) is 4.68 Å². The summed E-state index contributed by atoms with van der Waals surface area (Å²) in [5.41, 5.74) is 3.58. The van der Waals surface area contributed by atoms with Crippen molar-refractivity contribution in [2.24, 2.45) is 0 Å². The first-order valence-electron chi connectivity index (χ1n) is 6.91. The molecule has 20 heavy (non-hydrogen) atoms. The summed E-state index contributed by atoms with van der Waals surface area (Å²) in [4.78, 5) is 0. The quantitative estimate of drug-likeness (QED) is 0.931. The lowest BCUT2D eigenvalue weighted by atomic mass is 10.0. The number of halogens is 1. The van der Waals surface area contributed by atoms with E-state index in [1.807, 2.05) is 23.9 Å². The van der Waals surface area contributed by atoms with Gasteiger partial charge < -0.3 is 10.1 Å². The first-order chi connectivity index (χ1) is 9.79. The molecule has 0 aliphatic carbocycles. The fourth-order valence-corrected chi connectivity index (χ4v) is 2.47. The molecule has 0 spiro atoms. The summed E-state index contributed by atoms with van der Waals surface area (Å²) < 4.78 is 21.3. The SMILES string of the molecule is CCOCc1ccc(-c2cnn3c2CNCC3)cc1F. The number of nitrogens with one attached hydrogen (secondary N) is 1. The predicted octanol–water partition coefficient (Wildman–Crippen LogP) is 2.33. The Morgan fingerprint density at radius 1 is 1.45 bits per heavy atom. The number of hydrogen-bond acceptors (Lipinski definition) is 3. The molecule has 0 bridgehead atoms. The van der Waals surface area contributed by atoms with E-state index in [4.69, 9.17) is 4.74 Å². The number of fused-ring (bicyclic) bond motifs is 1. The van der Waals surface area contributed by atoms with Gasteiger partial charge in [0.15, 0.2) is 0 Å². The first kappa shape index (κ1) is 13.3. The number of nitrogens with zero attached hydrogens (tertiary/aromatic N) is 2. The molecular weight excluding hydrogens is 257 g/mol. The lowest BCUT2D eigenvalue weighted by Gasteiger charge is -2.16. The van der Waals surface area contributed by atoms with E-state index in [9.17, 15) is 4.39 Å². The van der Waals surface area contributed by atoms with Crippen molar-refractivity contribution in [3.05, 3.63) is 41.5 Å². The van der Waals surface area contributed by atoms with Crippen molar-refractivity contribution in [3.63, 3.8) is 0 Å². The normalized spacial score (nSPS) is 14.3. The zero-order chi connectivity index (χ0) is 13.9. The second-order valence-electron chi connectivity index (χ2n) is 4.85. The number of aromatic nitrogens is 2. The molecule has 0 radical (unpaired) electrons. The summed E-state index contributed by atoms with van der Waals surface area (Å²) in [6, 6.07) is 5.30.